The van der Waals surface area contributed by atoms with E-state index in [1.807, 2.05) is 11.3 Å². The summed E-state index contributed by atoms with van der Waals surface area (Å²) in [7, 11) is 0. The Morgan fingerprint density at radius 3 is 1.93 bits per heavy atom. The largest absolute Gasteiger partial charge is 0.355 e. The van der Waals surface area contributed by atoms with Crippen LogP contribution in [0.1, 0.15) is 0 Å². The van der Waals surface area contributed by atoms with Crippen molar-refractivity contribution in [3.63, 3.8) is 0 Å². The molecule has 0 aliphatic rings. The van der Waals surface area contributed by atoms with E-state index in [1.54, 1.807) is 0 Å². The van der Waals surface area contributed by atoms with Crippen molar-refractivity contribution >= 4 is 75.5 Å². The number of hydrogen-bond donors (Lipinski definition) is 1. The molecule has 0 saturated carbocycles. The van der Waals surface area contributed by atoms with Gasteiger partial charge in [0.25, 0.3) is 0 Å². The van der Waals surface area contributed by atoms with E-state index in [-0.39, 0.29) is 0 Å². The molecule has 1 N–H and O–H groups in total. The molecule has 11 aromatic rings. The average molecular weight is 719 g/mol. The molecule has 0 saturated heterocycles. The van der Waals surface area contributed by atoms with Gasteiger partial charge in [-0.15, -0.1) is 11.3 Å². The van der Waals surface area contributed by atoms with Gasteiger partial charge >= 0.3 is 0 Å². The second-order valence-corrected chi connectivity index (χ2v) is 15.3. The van der Waals surface area contributed by atoms with Gasteiger partial charge in [-0.1, -0.05) is 140 Å². The van der Waals surface area contributed by atoms with Crippen LogP contribution in [-0.2, 0) is 0 Å². The number of hydrogen-bond acceptors (Lipinski definition) is 2. The van der Waals surface area contributed by atoms with Crippen LogP contribution in [0.4, 0.5) is 11.4 Å². The number of rotatable bonds is 6. The Labute approximate surface area is 323 Å². The van der Waals surface area contributed by atoms with Crippen molar-refractivity contribution in [2.45, 2.75) is 0 Å². The number of anilines is 2. The van der Waals surface area contributed by atoms with E-state index in [9.17, 15) is 0 Å². The van der Waals surface area contributed by atoms with Crippen LogP contribution < -0.4 is 5.32 Å². The zero-order chi connectivity index (χ0) is 36.3. The molecule has 0 aliphatic heterocycles. The molecule has 0 bridgehead atoms. The summed E-state index contributed by atoms with van der Waals surface area (Å²) in [5.41, 5.74) is 12.9. The van der Waals surface area contributed by atoms with Crippen LogP contribution in [0.2, 0.25) is 0 Å². The Kier molecular flexibility index (Phi) is 7.39. The number of thiophene rings is 1. The zero-order valence-corrected chi connectivity index (χ0v) is 30.7. The fourth-order valence-corrected chi connectivity index (χ4v) is 9.44. The topological polar surface area (TPSA) is 17.0 Å². The highest BCUT2D eigenvalue weighted by molar-refractivity contribution is 7.25. The number of nitrogens with zero attached hydrogens (tertiary/aromatic N) is 1. The Bertz CT molecular complexity index is 3220. The summed E-state index contributed by atoms with van der Waals surface area (Å²) in [5.74, 6) is 0. The van der Waals surface area contributed by atoms with Gasteiger partial charge < -0.3 is 9.88 Å². The third-order valence-corrected chi connectivity index (χ3v) is 12.1. The van der Waals surface area contributed by atoms with Gasteiger partial charge in [-0.3, -0.25) is 0 Å². The van der Waals surface area contributed by atoms with Crippen molar-refractivity contribution in [1.82, 2.24) is 4.57 Å². The lowest BCUT2D eigenvalue weighted by atomic mass is 9.97. The van der Waals surface area contributed by atoms with Gasteiger partial charge in [0, 0.05) is 53.3 Å². The summed E-state index contributed by atoms with van der Waals surface area (Å²) in [4.78, 5) is 0. The smallest absolute Gasteiger partial charge is 0.0555 e. The first-order valence-corrected chi connectivity index (χ1v) is 19.6. The molecule has 0 unspecified atom stereocenters. The monoisotopic (exact) mass is 718 g/mol. The van der Waals surface area contributed by atoms with Crippen molar-refractivity contribution in [1.29, 1.82) is 0 Å². The van der Waals surface area contributed by atoms with Gasteiger partial charge in [-0.2, -0.15) is 0 Å². The van der Waals surface area contributed by atoms with Crippen molar-refractivity contribution in [3.8, 4) is 39.1 Å². The number of para-hydroxylation sites is 1. The highest BCUT2D eigenvalue weighted by atomic mass is 32.1. The van der Waals surface area contributed by atoms with E-state index < -0.39 is 0 Å². The first-order chi connectivity index (χ1) is 27.2. The minimum absolute atomic E-state index is 1.06. The second-order valence-electron chi connectivity index (χ2n) is 14.2. The average Bonchev–Trinajstić information content (AvgIpc) is 3.77. The van der Waals surface area contributed by atoms with E-state index in [2.05, 4.69) is 210 Å². The molecule has 11 rings (SSSR count). The van der Waals surface area contributed by atoms with Crippen molar-refractivity contribution < 1.29 is 0 Å². The lowest BCUT2D eigenvalue weighted by molar-refractivity contribution is 1.20. The highest BCUT2D eigenvalue weighted by Gasteiger charge is 2.18. The van der Waals surface area contributed by atoms with Gasteiger partial charge in [0.05, 0.1) is 16.7 Å². The Hall–Kier alpha value is -6.94. The highest BCUT2D eigenvalue weighted by Crippen LogP contribution is 2.43. The molecular weight excluding hydrogens is 685 g/mol. The fourth-order valence-electron chi connectivity index (χ4n) is 8.32. The van der Waals surface area contributed by atoms with Crippen LogP contribution >= 0.6 is 11.3 Å². The molecule has 0 atom stereocenters. The summed E-state index contributed by atoms with van der Waals surface area (Å²) in [6, 6.07) is 72.7. The molecule has 2 nitrogen and oxygen atoms in total. The number of fused-ring (bicyclic) bond motifs is 7. The summed E-state index contributed by atoms with van der Waals surface area (Å²) in [5, 5.41) is 11.4. The molecule has 0 aliphatic carbocycles. The minimum atomic E-state index is 1.06. The lowest BCUT2D eigenvalue weighted by Gasteiger charge is -2.14. The molecule has 0 radical (unpaired) electrons. The summed E-state index contributed by atoms with van der Waals surface area (Å²) in [6.07, 6.45) is 0. The lowest BCUT2D eigenvalue weighted by Crippen LogP contribution is -1.95. The normalized spacial score (nSPS) is 11.6. The molecule has 0 fully saturated rings. The van der Waals surface area contributed by atoms with Gasteiger partial charge in [-0.25, -0.2) is 0 Å². The third kappa shape index (κ3) is 5.40. The molecule has 0 amide bonds. The maximum absolute atomic E-state index is 3.71. The van der Waals surface area contributed by atoms with Gasteiger partial charge in [0.1, 0.15) is 0 Å². The van der Waals surface area contributed by atoms with E-state index in [4.69, 9.17) is 0 Å². The van der Waals surface area contributed by atoms with Crippen LogP contribution in [0.3, 0.4) is 0 Å². The maximum Gasteiger partial charge on any atom is 0.0555 e. The fraction of sp³-hybridized carbons (Fsp3) is 0. The SMILES string of the molecule is c1ccc(-c2ccc(Nc3ccccc3-c3cccc(-c4ccc5c(c4)c4cc6c(cc4n5-c4cccc5ccccc45)sc4ccccc46)c3)cc2)cc1. The van der Waals surface area contributed by atoms with E-state index in [0.717, 1.165) is 16.9 Å². The van der Waals surface area contributed by atoms with E-state index in [1.165, 1.54) is 86.3 Å². The first kappa shape index (κ1) is 31.6. The summed E-state index contributed by atoms with van der Waals surface area (Å²) < 4.78 is 5.11. The summed E-state index contributed by atoms with van der Waals surface area (Å²) >= 11 is 1.88. The molecule has 2 heterocycles. The van der Waals surface area contributed by atoms with Crippen LogP contribution in [0.15, 0.2) is 200 Å². The maximum atomic E-state index is 3.71. The first-order valence-electron chi connectivity index (χ1n) is 18.8. The number of aromatic nitrogens is 1. The standard InChI is InChI=1S/C52H34N2S/c1-2-12-34(13-3-1)35-24-27-40(28-25-35)53-47-21-8-6-18-41(47)39-17-10-16-37(30-39)38-26-29-49-44(31-38)45-32-46-43-20-7-9-23-51(43)55-52(46)33-50(45)54(49)48-22-11-15-36-14-4-5-19-42(36)48/h1-33,53H. The second kappa shape index (κ2) is 12.9. The van der Waals surface area contributed by atoms with Crippen LogP contribution in [0.5, 0.6) is 0 Å². The summed E-state index contributed by atoms with van der Waals surface area (Å²) in [6.45, 7) is 0. The predicted octanol–water partition coefficient (Wildman–Crippen LogP) is 15.0. The van der Waals surface area contributed by atoms with Gasteiger partial charge in [0.15, 0.2) is 0 Å². The van der Waals surface area contributed by atoms with Crippen LogP contribution in [0.25, 0.3) is 91.8 Å². The molecule has 258 valence electrons. The van der Waals surface area contributed by atoms with Crippen LogP contribution in [-0.4, -0.2) is 4.57 Å². The minimum Gasteiger partial charge on any atom is -0.355 e. The quantitative estimate of drug-likeness (QED) is 0.181. The van der Waals surface area contributed by atoms with Crippen molar-refractivity contribution in [2.24, 2.45) is 0 Å². The number of nitrogens with one attached hydrogen (secondary N) is 1. The molecule has 9 aromatic carbocycles. The van der Waals surface area contributed by atoms with E-state index >= 15 is 0 Å². The molecule has 55 heavy (non-hydrogen) atoms. The third-order valence-electron chi connectivity index (χ3n) is 11.0. The van der Waals surface area contributed by atoms with E-state index in [0.29, 0.717) is 0 Å². The molecule has 3 heteroatoms. The predicted molar refractivity (Wildman–Crippen MR) is 237 cm³/mol. The molecule has 0 spiro atoms. The van der Waals surface area contributed by atoms with Crippen LogP contribution in [0, 0.1) is 0 Å². The van der Waals surface area contributed by atoms with Crippen molar-refractivity contribution in [3.05, 3.63) is 200 Å². The van der Waals surface area contributed by atoms with Gasteiger partial charge in [0.2, 0.25) is 0 Å². The molecular formula is C52H34N2S. The molecule has 2 aromatic heterocycles. The Morgan fingerprint density at radius 1 is 0.364 bits per heavy atom. The van der Waals surface area contributed by atoms with Crippen molar-refractivity contribution in [2.75, 3.05) is 5.32 Å². The van der Waals surface area contributed by atoms with Gasteiger partial charge in [-0.05, 0) is 93.9 Å². The Balaban J connectivity index is 1.03. The zero-order valence-electron chi connectivity index (χ0n) is 29.9. The number of benzene rings is 9. The Morgan fingerprint density at radius 2 is 1.02 bits per heavy atom.